The Labute approximate surface area is 144 Å². The Balaban J connectivity index is 2.92. The van der Waals surface area contributed by atoms with Crippen LogP contribution in [0.4, 0.5) is 0 Å². The van der Waals surface area contributed by atoms with Gasteiger partial charge in [0.1, 0.15) is 22.5 Å². The molecule has 8 nitrogen and oxygen atoms in total. The third kappa shape index (κ3) is 5.45. The average Bonchev–Trinajstić information content (AvgIpc) is 2.40. The molecule has 0 unspecified atom stereocenters. The van der Waals surface area contributed by atoms with Gasteiger partial charge >= 0.3 is 5.97 Å². The van der Waals surface area contributed by atoms with Crippen molar-refractivity contribution in [3.05, 3.63) is 22.7 Å². The largest absolute Gasteiger partial charge is 0.506 e. The van der Waals surface area contributed by atoms with E-state index in [9.17, 15) is 23.1 Å². The van der Waals surface area contributed by atoms with Gasteiger partial charge in [0.05, 0.1) is 0 Å². The van der Waals surface area contributed by atoms with Crippen LogP contribution in [0.3, 0.4) is 0 Å². The SMILES string of the molecule is CN(C)[C@@H](CCC(=O)Cc1cc(Cl)cc(S(=O)(=O)O)c1O)C(=O)O. The number of ketones is 1. The number of nitrogens with zero attached hydrogens (tertiary/aromatic N) is 1. The molecule has 1 aromatic rings. The third-order valence-electron chi connectivity index (χ3n) is 3.39. The standard InChI is InChI=1S/C14H18ClNO7S/c1-16(2)11(14(19)20)4-3-10(17)6-8-5-9(15)7-12(13(8)18)24(21,22)23/h5,7,11,18H,3-4,6H2,1-2H3,(H,19,20)(H,21,22,23)/t11-/m0/s1. The number of carboxylic acid groups (broad SMARTS) is 1. The van der Waals surface area contributed by atoms with Gasteiger partial charge in [-0.25, -0.2) is 0 Å². The molecule has 24 heavy (non-hydrogen) atoms. The number of benzene rings is 1. The molecule has 0 amide bonds. The molecule has 1 aromatic carbocycles. The summed E-state index contributed by atoms with van der Waals surface area (Å²) in [7, 11) is -1.54. The highest BCUT2D eigenvalue weighted by molar-refractivity contribution is 7.86. The molecule has 1 rings (SSSR count). The number of carboxylic acids is 1. The predicted molar refractivity (Wildman–Crippen MR) is 86.0 cm³/mol. The number of phenolic OH excluding ortho intramolecular Hbond substituents is 1. The number of phenols is 1. The lowest BCUT2D eigenvalue weighted by Crippen LogP contribution is -2.36. The highest BCUT2D eigenvalue weighted by Gasteiger charge is 2.23. The second-order valence-electron chi connectivity index (χ2n) is 5.46. The maximum atomic E-state index is 12.0. The van der Waals surface area contributed by atoms with Crippen LogP contribution in [0.25, 0.3) is 0 Å². The zero-order valence-corrected chi connectivity index (χ0v) is 14.6. The molecule has 3 N–H and O–H groups in total. The fraction of sp³-hybridized carbons (Fsp3) is 0.429. The number of hydrogen-bond donors (Lipinski definition) is 3. The second kappa shape index (κ2) is 7.93. The van der Waals surface area contributed by atoms with Gasteiger partial charge in [-0.05, 0) is 32.6 Å². The molecule has 0 heterocycles. The first-order valence-corrected chi connectivity index (χ1v) is 8.65. The topological polar surface area (TPSA) is 132 Å². The third-order valence-corrected chi connectivity index (χ3v) is 4.47. The van der Waals surface area contributed by atoms with Crippen molar-refractivity contribution in [1.29, 1.82) is 0 Å². The zero-order valence-electron chi connectivity index (χ0n) is 13.1. The molecular weight excluding hydrogens is 362 g/mol. The lowest BCUT2D eigenvalue weighted by Gasteiger charge is -2.19. The minimum Gasteiger partial charge on any atom is -0.506 e. The van der Waals surface area contributed by atoms with Crippen molar-refractivity contribution in [2.45, 2.75) is 30.2 Å². The Morgan fingerprint density at radius 2 is 1.88 bits per heavy atom. The summed E-state index contributed by atoms with van der Waals surface area (Å²) in [5, 5.41) is 18.9. The summed E-state index contributed by atoms with van der Waals surface area (Å²) in [6.07, 6.45) is -0.357. The number of carbonyl (C=O) groups is 2. The fourth-order valence-electron chi connectivity index (χ4n) is 2.16. The van der Waals surface area contributed by atoms with Gasteiger partial charge in [0, 0.05) is 23.4 Å². The molecule has 0 aliphatic rings. The lowest BCUT2D eigenvalue weighted by atomic mass is 10.0. The first-order valence-electron chi connectivity index (χ1n) is 6.83. The molecule has 10 heteroatoms. The van der Waals surface area contributed by atoms with Crippen molar-refractivity contribution in [2.24, 2.45) is 0 Å². The molecule has 0 saturated carbocycles. The first-order chi connectivity index (χ1) is 10.9. The minimum atomic E-state index is -4.69. The number of rotatable bonds is 8. The number of aromatic hydroxyl groups is 1. The van der Waals surface area contributed by atoms with E-state index in [1.54, 1.807) is 14.1 Å². The Hall–Kier alpha value is -1.68. The Morgan fingerprint density at radius 1 is 1.29 bits per heavy atom. The van der Waals surface area contributed by atoms with E-state index < -0.39 is 38.6 Å². The Kier molecular flexibility index (Phi) is 6.73. The van der Waals surface area contributed by atoms with Crippen LogP contribution >= 0.6 is 11.6 Å². The van der Waals surface area contributed by atoms with Gasteiger partial charge in [0.25, 0.3) is 10.1 Å². The van der Waals surface area contributed by atoms with Gasteiger partial charge in [0.15, 0.2) is 0 Å². The monoisotopic (exact) mass is 379 g/mol. The van der Waals surface area contributed by atoms with Crippen LogP contribution in [0.15, 0.2) is 17.0 Å². The van der Waals surface area contributed by atoms with Crippen LogP contribution in [-0.2, 0) is 26.1 Å². The normalized spacial score (nSPS) is 13.0. The van der Waals surface area contributed by atoms with Crippen molar-refractivity contribution in [3.8, 4) is 5.75 Å². The van der Waals surface area contributed by atoms with E-state index in [4.69, 9.17) is 21.3 Å². The summed E-state index contributed by atoms with van der Waals surface area (Å²) < 4.78 is 31.4. The van der Waals surface area contributed by atoms with E-state index in [1.165, 1.54) is 11.0 Å². The van der Waals surface area contributed by atoms with E-state index in [0.29, 0.717) is 0 Å². The first kappa shape index (κ1) is 20.4. The minimum absolute atomic E-state index is 0.0585. The number of Topliss-reactive ketones (excluding diaryl/α,β-unsaturated/α-hetero) is 1. The van der Waals surface area contributed by atoms with E-state index in [-0.39, 0.29) is 29.8 Å². The van der Waals surface area contributed by atoms with Crippen LogP contribution in [-0.4, -0.2) is 60.0 Å². The van der Waals surface area contributed by atoms with Crippen molar-refractivity contribution in [2.75, 3.05) is 14.1 Å². The number of carbonyl (C=O) groups excluding carboxylic acids is 1. The molecule has 0 aromatic heterocycles. The summed E-state index contributed by atoms with van der Waals surface area (Å²) in [6.45, 7) is 0. The molecule has 0 spiro atoms. The average molecular weight is 380 g/mol. The number of hydrogen-bond acceptors (Lipinski definition) is 6. The van der Waals surface area contributed by atoms with Crippen molar-refractivity contribution in [3.63, 3.8) is 0 Å². The fourth-order valence-corrected chi connectivity index (χ4v) is 3.12. The van der Waals surface area contributed by atoms with E-state index in [0.717, 1.165) is 6.07 Å². The molecule has 0 saturated heterocycles. The van der Waals surface area contributed by atoms with Crippen LogP contribution in [0.1, 0.15) is 18.4 Å². The van der Waals surface area contributed by atoms with Gasteiger partial charge < -0.3 is 10.2 Å². The van der Waals surface area contributed by atoms with Gasteiger partial charge in [-0.2, -0.15) is 8.42 Å². The van der Waals surface area contributed by atoms with Crippen molar-refractivity contribution >= 4 is 33.5 Å². The molecule has 0 aliphatic carbocycles. The van der Waals surface area contributed by atoms with Crippen LogP contribution < -0.4 is 0 Å². The molecule has 0 fully saturated rings. The lowest BCUT2D eigenvalue weighted by molar-refractivity contribution is -0.142. The van der Waals surface area contributed by atoms with Crippen molar-refractivity contribution in [1.82, 2.24) is 4.90 Å². The number of halogens is 1. The van der Waals surface area contributed by atoms with Gasteiger partial charge in [-0.1, -0.05) is 11.6 Å². The summed E-state index contributed by atoms with van der Waals surface area (Å²) in [6, 6.07) is 1.24. The van der Waals surface area contributed by atoms with E-state index >= 15 is 0 Å². The van der Waals surface area contributed by atoms with Crippen LogP contribution in [0, 0.1) is 0 Å². The van der Waals surface area contributed by atoms with Crippen LogP contribution in [0.2, 0.25) is 5.02 Å². The van der Waals surface area contributed by atoms with Gasteiger partial charge in [-0.3, -0.25) is 19.0 Å². The Bertz CT molecular complexity index is 746. The smallest absolute Gasteiger partial charge is 0.320 e. The maximum absolute atomic E-state index is 12.0. The van der Waals surface area contributed by atoms with Crippen LogP contribution in [0.5, 0.6) is 5.75 Å². The summed E-state index contributed by atoms with van der Waals surface area (Å²) in [5.74, 6) is -2.22. The Morgan fingerprint density at radius 3 is 2.33 bits per heavy atom. The van der Waals surface area contributed by atoms with E-state index in [2.05, 4.69) is 0 Å². The molecule has 0 aliphatic heterocycles. The van der Waals surface area contributed by atoms with Gasteiger partial charge in [-0.15, -0.1) is 0 Å². The maximum Gasteiger partial charge on any atom is 0.320 e. The highest BCUT2D eigenvalue weighted by atomic mass is 35.5. The summed E-state index contributed by atoms with van der Waals surface area (Å²) in [5.41, 5.74) is -0.0585. The van der Waals surface area contributed by atoms with E-state index in [1.807, 2.05) is 0 Å². The van der Waals surface area contributed by atoms with Crippen molar-refractivity contribution < 1.29 is 32.8 Å². The summed E-state index contributed by atoms with van der Waals surface area (Å²) >= 11 is 5.74. The predicted octanol–water partition coefficient (Wildman–Crippen LogP) is 1.20. The highest BCUT2D eigenvalue weighted by Crippen LogP contribution is 2.31. The van der Waals surface area contributed by atoms with Gasteiger partial charge in [0.2, 0.25) is 0 Å². The summed E-state index contributed by atoms with van der Waals surface area (Å²) in [4.78, 5) is 23.7. The second-order valence-corrected chi connectivity index (χ2v) is 7.28. The molecule has 1 atom stereocenters. The molecular formula is C14H18ClNO7S. The quantitative estimate of drug-likeness (QED) is 0.574. The zero-order chi connectivity index (χ0) is 18.7. The number of aliphatic carboxylic acids is 1. The molecule has 0 radical (unpaired) electrons. The number of likely N-dealkylation sites (N-methyl/N-ethyl adjacent to an activating group) is 1. The molecule has 0 bridgehead atoms. The molecule has 134 valence electrons.